The lowest BCUT2D eigenvalue weighted by atomic mass is 9.77. The van der Waals surface area contributed by atoms with Gasteiger partial charge >= 0.3 is 0 Å². The van der Waals surface area contributed by atoms with Crippen molar-refractivity contribution in [1.29, 1.82) is 0 Å². The van der Waals surface area contributed by atoms with Crippen LogP contribution in [-0.2, 0) is 25.5 Å². The predicted molar refractivity (Wildman–Crippen MR) is 112 cm³/mol. The molecule has 2 amide bonds. The molecule has 2 unspecified atom stereocenters. The minimum absolute atomic E-state index is 0.0266. The van der Waals surface area contributed by atoms with Crippen LogP contribution in [0.3, 0.4) is 0 Å². The zero-order valence-corrected chi connectivity index (χ0v) is 17.1. The second kappa shape index (κ2) is 7.56. The smallest absolute Gasteiger partial charge is 0.230 e. The lowest BCUT2D eigenvalue weighted by Gasteiger charge is -2.23. The van der Waals surface area contributed by atoms with Gasteiger partial charge in [-0.2, -0.15) is 0 Å². The predicted octanol–water partition coefficient (Wildman–Crippen LogP) is 1.65. The molecule has 2 aromatic rings. The molecule has 3 aliphatic rings. The van der Waals surface area contributed by atoms with E-state index in [-0.39, 0.29) is 17.9 Å². The van der Waals surface area contributed by atoms with Gasteiger partial charge in [0.05, 0.1) is 24.5 Å². The number of hydrogen-bond donors (Lipinski definition) is 2. The van der Waals surface area contributed by atoms with E-state index in [2.05, 4.69) is 22.4 Å². The molecular weight excluding hydrogens is 382 g/mol. The minimum Gasteiger partial charge on any atom is -0.385 e. The highest BCUT2D eigenvalue weighted by Crippen LogP contribution is 2.51. The molecule has 5 rings (SSSR count). The molecule has 158 valence electrons. The molecule has 2 bridgehead atoms. The highest BCUT2D eigenvalue weighted by molar-refractivity contribution is 5.93. The van der Waals surface area contributed by atoms with Crippen LogP contribution in [0.15, 0.2) is 42.6 Å². The number of carbonyl (C=O) groups excluding carboxylic acids is 2. The summed E-state index contributed by atoms with van der Waals surface area (Å²) in [5, 5.41) is 4.14. The number of amides is 2. The Morgan fingerprint density at radius 1 is 1.40 bits per heavy atom. The number of H-pyrrole nitrogens is 1. The number of aromatic amines is 1. The molecule has 0 saturated carbocycles. The number of hydrogen-bond acceptors (Lipinski definition) is 4. The van der Waals surface area contributed by atoms with Gasteiger partial charge in [0, 0.05) is 43.9 Å². The lowest BCUT2D eigenvalue weighted by molar-refractivity contribution is -0.137. The van der Waals surface area contributed by atoms with Gasteiger partial charge in [-0.1, -0.05) is 30.4 Å². The molecule has 7 nitrogen and oxygen atoms in total. The van der Waals surface area contributed by atoms with Crippen LogP contribution in [0, 0.1) is 11.8 Å². The first-order chi connectivity index (χ1) is 14.6. The Morgan fingerprint density at radius 3 is 3.13 bits per heavy atom. The number of aromatic nitrogens is 1. The number of likely N-dealkylation sites (tertiary alicyclic amines) is 1. The van der Waals surface area contributed by atoms with Gasteiger partial charge in [0.2, 0.25) is 11.8 Å². The Kier molecular flexibility index (Phi) is 4.87. The summed E-state index contributed by atoms with van der Waals surface area (Å²) in [6.07, 6.45) is 7.17. The van der Waals surface area contributed by atoms with Crippen molar-refractivity contribution in [2.24, 2.45) is 11.8 Å². The Morgan fingerprint density at radius 2 is 2.27 bits per heavy atom. The van der Waals surface area contributed by atoms with Crippen LogP contribution in [0.1, 0.15) is 12.0 Å². The van der Waals surface area contributed by atoms with Gasteiger partial charge in [-0.3, -0.25) is 9.59 Å². The lowest BCUT2D eigenvalue weighted by Crippen LogP contribution is -2.44. The van der Waals surface area contributed by atoms with Gasteiger partial charge in [0.1, 0.15) is 5.60 Å². The Balaban J connectivity index is 1.27. The van der Waals surface area contributed by atoms with Crippen molar-refractivity contribution in [3.05, 3.63) is 48.2 Å². The fraction of sp³-hybridized carbons (Fsp3) is 0.478. The summed E-state index contributed by atoms with van der Waals surface area (Å²) in [6, 6.07) is 8.18. The van der Waals surface area contributed by atoms with Crippen LogP contribution in [-0.4, -0.2) is 66.8 Å². The van der Waals surface area contributed by atoms with E-state index in [1.165, 1.54) is 10.9 Å². The van der Waals surface area contributed by atoms with Crippen molar-refractivity contribution in [3.63, 3.8) is 0 Å². The zero-order chi connectivity index (χ0) is 20.7. The number of fused-ring (bicyclic) bond motifs is 2. The monoisotopic (exact) mass is 409 g/mol. The van der Waals surface area contributed by atoms with E-state index in [0.717, 1.165) is 18.4 Å². The molecule has 1 spiro atoms. The van der Waals surface area contributed by atoms with Gasteiger partial charge < -0.3 is 24.7 Å². The largest absolute Gasteiger partial charge is 0.385 e. The number of nitrogens with zero attached hydrogens (tertiary/aromatic N) is 1. The number of rotatable bonds is 8. The van der Waals surface area contributed by atoms with Crippen LogP contribution in [0.2, 0.25) is 0 Å². The van der Waals surface area contributed by atoms with Gasteiger partial charge in [0.25, 0.3) is 0 Å². The molecule has 2 N–H and O–H groups in total. The Hall–Kier alpha value is -2.64. The third kappa shape index (κ3) is 3.04. The summed E-state index contributed by atoms with van der Waals surface area (Å²) in [5.74, 6) is -0.959. The molecule has 2 fully saturated rings. The van der Waals surface area contributed by atoms with Gasteiger partial charge in [-0.05, 0) is 24.5 Å². The van der Waals surface area contributed by atoms with Crippen molar-refractivity contribution in [2.75, 3.05) is 33.4 Å². The third-order valence-electron chi connectivity index (χ3n) is 6.63. The Labute approximate surface area is 175 Å². The van der Waals surface area contributed by atoms with Crippen molar-refractivity contribution in [1.82, 2.24) is 15.2 Å². The van der Waals surface area contributed by atoms with E-state index in [4.69, 9.17) is 9.47 Å². The minimum atomic E-state index is -0.656. The van der Waals surface area contributed by atoms with Gasteiger partial charge in [0.15, 0.2) is 0 Å². The van der Waals surface area contributed by atoms with Gasteiger partial charge in [-0.15, -0.1) is 0 Å². The fourth-order valence-electron chi connectivity index (χ4n) is 5.21. The average molecular weight is 409 g/mol. The highest BCUT2D eigenvalue weighted by Gasteiger charge is 2.66. The first kappa shape index (κ1) is 19.3. The maximum absolute atomic E-state index is 13.3. The van der Waals surface area contributed by atoms with Crippen LogP contribution in [0.25, 0.3) is 10.9 Å². The van der Waals surface area contributed by atoms with E-state index in [1.54, 1.807) is 7.11 Å². The second-order valence-corrected chi connectivity index (χ2v) is 8.41. The maximum atomic E-state index is 13.3. The molecule has 4 atom stereocenters. The third-order valence-corrected chi connectivity index (χ3v) is 6.63. The molecule has 30 heavy (non-hydrogen) atoms. The van der Waals surface area contributed by atoms with Crippen molar-refractivity contribution >= 4 is 22.7 Å². The number of ether oxygens (including phenoxy) is 2. The normalized spacial score (nSPS) is 29.2. The zero-order valence-electron chi connectivity index (χ0n) is 17.1. The number of methoxy groups -OCH3 is 1. The second-order valence-electron chi connectivity index (χ2n) is 8.41. The number of carbonyl (C=O) groups is 2. The first-order valence-corrected chi connectivity index (χ1v) is 10.6. The summed E-state index contributed by atoms with van der Waals surface area (Å²) in [4.78, 5) is 31.3. The van der Waals surface area contributed by atoms with Crippen LogP contribution in [0.4, 0.5) is 0 Å². The quantitative estimate of drug-likeness (QED) is 0.513. The van der Waals surface area contributed by atoms with Gasteiger partial charge in [-0.25, -0.2) is 0 Å². The van der Waals surface area contributed by atoms with Crippen molar-refractivity contribution in [2.45, 2.75) is 24.5 Å². The van der Waals surface area contributed by atoms with Crippen molar-refractivity contribution in [3.8, 4) is 0 Å². The van der Waals surface area contributed by atoms with Crippen molar-refractivity contribution < 1.29 is 19.1 Å². The summed E-state index contributed by atoms with van der Waals surface area (Å²) in [5.41, 5.74) is 1.64. The summed E-state index contributed by atoms with van der Waals surface area (Å²) < 4.78 is 11.2. The van der Waals surface area contributed by atoms with E-state index >= 15 is 0 Å². The maximum Gasteiger partial charge on any atom is 0.230 e. The average Bonchev–Trinajstić information content (AvgIpc) is 3.49. The fourth-order valence-corrected chi connectivity index (χ4v) is 5.21. The van der Waals surface area contributed by atoms with E-state index in [0.29, 0.717) is 26.2 Å². The first-order valence-electron chi connectivity index (χ1n) is 10.6. The van der Waals surface area contributed by atoms with E-state index < -0.39 is 17.4 Å². The summed E-state index contributed by atoms with van der Waals surface area (Å²) in [6.45, 7) is 2.26. The van der Waals surface area contributed by atoms with E-state index in [1.807, 2.05) is 35.4 Å². The number of benzene rings is 1. The molecule has 4 heterocycles. The SMILES string of the molecule is COCCCNC(=O)C1C2C(=O)N(CCc3c[nH]c4ccccc34)C[C@]23C=C[C@H]1O3. The van der Waals surface area contributed by atoms with Crippen LogP contribution < -0.4 is 5.32 Å². The molecule has 7 heteroatoms. The highest BCUT2D eigenvalue weighted by atomic mass is 16.5. The summed E-state index contributed by atoms with van der Waals surface area (Å²) >= 11 is 0. The molecule has 2 saturated heterocycles. The summed E-state index contributed by atoms with van der Waals surface area (Å²) in [7, 11) is 1.64. The van der Waals surface area contributed by atoms with E-state index in [9.17, 15) is 9.59 Å². The standard InChI is InChI=1S/C23H27N3O4/c1-29-12-4-10-24-21(27)19-18-7-9-23(30-18)14-26(22(28)20(19)23)11-8-15-13-25-17-6-3-2-5-16(15)17/h2-3,5-7,9,13,18-20,25H,4,8,10-12,14H2,1H3,(H,24,27)/t18-,19?,20?,23-/m1/s1. The van der Waals surface area contributed by atoms with Crippen LogP contribution >= 0.6 is 0 Å². The number of nitrogens with one attached hydrogen (secondary N) is 2. The molecule has 1 aromatic carbocycles. The molecule has 0 radical (unpaired) electrons. The Bertz CT molecular complexity index is 999. The molecular formula is C23H27N3O4. The van der Waals surface area contributed by atoms with Crippen LogP contribution in [0.5, 0.6) is 0 Å². The number of para-hydroxylation sites is 1. The molecule has 3 aliphatic heterocycles. The topological polar surface area (TPSA) is 83.7 Å². The molecule has 0 aliphatic carbocycles. The molecule has 1 aromatic heterocycles.